The molecule has 0 radical (unpaired) electrons. The zero-order valence-electron chi connectivity index (χ0n) is 16.1. The molecule has 146 valence electrons. The van der Waals surface area contributed by atoms with Crippen LogP contribution in [0.2, 0.25) is 0 Å². The third-order valence-corrected chi connectivity index (χ3v) is 4.54. The van der Waals surface area contributed by atoms with Crippen molar-refractivity contribution in [2.45, 2.75) is 19.4 Å². The zero-order chi connectivity index (χ0) is 19.9. The molecule has 0 atom stereocenters. The molecular weight excluding hydrogens is 354 g/mol. The zero-order valence-corrected chi connectivity index (χ0v) is 16.1. The Morgan fingerprint density at radius 2 is 1.79 bits per heavy atom. The minimum atomic E-state index is 0.109. The van der Waals surface area contributed by atoms with Gasteiger partial charge in [0.15, 0.2) is 11.5 Å². The SMILES string of the molecule is C=CCOc1ccc2c(c1)CCC(=O)N2Cc1ccc(OCC=C)c(OC)c1. The number of rotatable bonds is 9. The summed E-state index contributed by atoms with van der Waals surface area (Å²) >= 11 is 0. The number of fused-ring (bicyclic) bond motifs is 1. The van der Waals surface area contributed by atoms with E-state index in [1.54, 1.807) is 19.3 Å². The van der Waals surface area contributed by atoms with Crippen molar-refractivity contribution in [2.24, 2.45) is 0 Å². The summed E-state index contributed by atoms with van der Waals surface area (Å²) in [4.78, 5) is 14.4. The molecule has 1 aliphatic heterocycles. The molecule has 3 rings (SSSR count). The third-order valence-electron chi connectivity index (χ3n) is 4.54. The van der Waals surface area contributed by atoms with Crippen LogP contribution in [0.25, 0.3) is 0 Å². The number of nitrogens with zero attached hydrogens (tertiary/aromatic N) is 1. The highest BCUT2D eigenvalue weighted by atomic mass is 16.5. The van der Waals surface area contributed by atoms with Gasteiger partial charge in [-0.05, 0) is 47.9 Å². The molecule has 1 aliphatic rings. The Balaban J connectivity index is 1.83. The van der Waals surface area contributed by atoms with Crippen LogP contribution in [0.3, 0.4) is 0 Å². The average molecular weight is 379 g/mol. The van der Waals surface area contributed by atoms with E-state index in [0.717, 1.165) is 22.6 Å². The molecule has 0 aliphatic carbocycles. The lowest BCUT2D eigenvalue weighted by atomic mass is 10.00. The molecule has 0 saturated heterocycles. The Morgan fingerprint density at radius 1 is 1.00 bits per heavy atom. The standard InChI is InChI=1S/C23H25NO4/c1-4-12-27-19-8-9-20-18(15-19)7-11-23(25)24(20)16-17-6-10-21(28-13-5-2)22(14-17)26-3/h4-6,8-10,14-15H,1-2,7,11-13,16H2,3H3. The van der Waals surface area contributed by atoms with Crippen molar-refractivity contribution in [3.63, 3.8) is 0 Å². The molecule has 5 nitrogen and oxygen atoms in total. The fraction of sp³-hybridized carbons (Fsp3) is 0.261. The van der Waals surface area contributed by atoms with Gasteiger partial charge in [-0.3, -0.25) is 4.79 Å². The molecular formula is C23H25NO4. The first-order valence-corrected chi connectivity index (χ1v) is 9.24. The lowest BCUT2D eigenvalue weighted by Crippen LogP contribution is -2.34. The van der Waals surface area contributed by atoms with E-state index in [1.807, 2.05) is 41.3 Å². The highest BCUT2D eigenvalue weighted by Gasteiger charge is 2.25. The van der Waals surface area contributed by atoms with Crippen molar-refractivity contribution in [1.29, 1.82) is 0 Å². The van der Waals surface area contributed by atoms with Crippen LogP contribution in [-0.2, 0) is 17.8 Å². The van der Waals surface area contributed by atoms with Gasteiger partial charge in [0.25, 0.3) is 0 Å². The van der Waals surface area contributed by atoms with Crippen LogP contribution in [0.15, 0.2) is 61.7 Å². The largest absolute Gasteiger partial charge is 0.493 e. The molecule has 2 aromatic carbocycles. The van der Waals surface area contributed by atoms with Crippen LogP contribution in [0.5, 0.6) is 17.2 Å². The first-order valence-electron chi connectivity index (χ1n) is 9.24. The van der Waals surface area contributed by atoms with Gasteiger partial charge in [0, 0.05) is 12.1 Å². The normalized spacial score (nSPS) is 12.9. The van der Waals surface area contributed by atoms with E-state index in [0.29, 0.717) is 44.1 Å². The summed E-state index contributed by atoms with van der Waals surface area (Å²) in [5.74, 6) is 2.19. The Morgan fingerprint density at radius 3 is 2.54 bits per heavy atom. The number of carbonyl (C=O) groups excluding carboxylic acids is 1. The maximum absolute atomic E-state index is 12.6. The van der Waals surface area contributed by atoms with Gasteiger partial charge in [-0.1, -0.05) is 31.4 Å². The van der Waals surface area contributed by atoms with Gasteiger partial charge in [0.1, 0.15) is 19.0 Å². The van der Waals surface area contributed by atoms with Crippen LogP contribution in [-0.4, -0.2) is 26.2 Å². The van der Waals surface area contributed by atoms with Crippen molar-refractivity contribution in [3.8, 4) is 17.2 Å². The van der Waals surface area contributed by atoms with Crippen LogP contribution >= 0.6 is 0 Å². The highest BCUT2D eigenvalue weighted by Crippen LogP contribution is 2.34. The van der Waals surface area contributed by atoms with E-state index in [9.17, 15) is 4.79 Å². The summed E-state index contributed by atoms with van der Waals surface area (Å²) in [6.07, 6.45) is 4.60. The van der Waals surface area contributed by atoms with E-state index < -0.39 is 0 Å². The molecule has 1 amide bonds. The third kappa shape index (κ3) is 4.36. The van der Waals surface area contributed by atoms with Gasteiger partial charge in [-0.25, -0.2) is 0 Å². The summed E-state index contributed by atoms with van der Waals surface area (Å²) in [6.45, 7) is 8.66. The molecule has 0 N–H and O–H groups in total. The van der Waals surface area contributed by atoms with Gasteiger partial charge >= 0.3 is 0 Å². The number of carbonyl (C=O) groups is 1. The van der Waals surface area contributed by atoms with Crippen LogP contribution < -0.4 is 19.1 Å². The molecule has 2 aromatic rings. The van der Waals surface area contributed by atoms with Crippen molar-refractivity contribution in [1.82, 2.24) is 0 Å². The van der Waals surface area contributed by atoms with Gasteiger partial charge in [0.05, 0.1) is 13.7 Å². The topological polar surface area (TPSA) is 48.0 Å². The van der Waals surface area contributed by atoms with E-state index in [2.05, 4.69) is 13.2 Å². The maximum Gasteiger partial charge on any atom is 0.227 e. The number of ether oxygens (including phenoxy) is 3. The Kier molecular flexibility index (Phi) is 6.37. The molecule has 1 heterocycles. The number of hydrogen-bond acceptors (Lipinski definition) is 4. The second-order valence-electron chi connectivity index (χ2n) is 6.45. The van der Waals surface area contributed by atoms with Gasteiger partial charge in [-0.2, -0.15) is 0 Å². The maximum atomic E-state index is 12.6. The van der Waals surface area contributed by atoms with E-state index in [4.69, 9.17) is 14.2 Å². The number of amides is 1. The summed E-state index contributed by atoms with van der Waals surface area (Å²) in [6, 6.07) is 11.6. The highest BCUT2D eigenvalue weighted by molar-refractivity contribution is 5.96. The van der Waals surface area contributed by atoms with Crippen LogP contribution in [0.1, 0.15) is 17.5 Å². The summed E-state index contributed by atoms with van der Waals surface area (Å²) in [7, 11) is 1.60. The number of aryl methyl sites for hydroxylation is 1. The Labute approximate surface area is 165 Å². The number of methoxy groups -OCH3 is 1. The minimum Gasteiger partial charge on any atom is -0.493 e. The van der Waals surface area contributed by atoms with Gasteiger partial charge < -0.3 is 19.1 Å². The quantitative estimate of drug-likeness (QED) is 0.610. The van der Waals surface area contributed by atoms with Crippen molar-refractivity contribution < 1.29 is 19.0 Å². The molecule has 0 spiro atoms. The smallest absolute Gasteiger partial charge is 0.227 e. The monoisotopic (exact) mass is 379 g/mol. The predicted octanol–water partition coefficient (Wildman–Crippen LogP) is 4.30. The molecule has 5 heteroatoms. The van der Waals surface area contributed by atoms with Gasteiger partial charge in [-0.15, -0.1) is 0 Å². The number of hydrogen-bond donors (Lipinski definition) is 0. The second kappa shape index (κ2) is 9.13. The molecule has 0 aromatic heterocycles. The van der Waals surface area contributed by atoms with Crippen molar-refractivity contribution in [2.75, 3.05) is 25.2 Å². The van der Waals surface area contributed by atoms with Crippen LogP contribution in [0.4, 0.5) is 5.69 Å². The van der Waals surface area contributed by atoms with Crippen molar-refractivity contribution >= 4 is 11.6 Å². The van der Waals surface area contributed by atoms with E-state index in [1.165, 1.54) is 0 Å². The molecule has 0 saturated carbocycles. The minimum absolute atomic E-state index is 0.109. The van der Waals surface area contributed by atoms with E-state index in [-0.39, 0.29) is 5.91 Å². The fourth-order valence-corrected chi connectivity index (χ4v) is 3.22. The number of anilines is 1. The molecule has 0 fully saturated rings. The lowest BCUT2D eigenvalue weighted by Gasteiger charge is -2.30. The molecule has 0 unspecified atom stereocenters. The average Bonchev–Trinajstić information content (AvgIpc) is 2.73. The van der Waals surface area contributed by atoms with Crippen molar-refractivity contribution in [3.05, 3.63) is 72.8 Å². The Bertz CT molecular complexity index is 875. The van der Waals surface area contributed by atoms with E-state index >= 15 is 0 Å². The summed E-state index contributed by atoms with van der Waals surface area (Å²) in [5.41, 5.74) is 3.00. The lowest BCUT2D eigenvalue weighted by molar-refractivity contribution is -0.119. The first-order chi connectivity index (χ1) is 13.7. The fourth-order valence-electron chi connectivity index (χ4n) is 3.22. The van der Waals surface area contributed by atoms with Crippen LogP contribution in [0, 0.1) is 0 Å². The summed E-state index contributed by atoms with van der Waals surface area (Å²) < 4.78 is 16.7. The molecule has 0 bridgehead atoms. The first kappa shape index (κ1) is 19.5. The summed E-state index contributed by atoms with van der Waals surface area (Å²) in [5, 5.41) is 0. The number of benzene rings is 2. The Hall–Kier alpha value is -3.21. The van der Waals surface area contributed by atoms with Gasteiger partial charge in [0.2, 0.25) is 5.91 Å². The molecule has 28 heavy (non-hydrogen) atoms. The second-order valence-corrected chi connectivity index (χ2v) is 6.45. The predicted molar refractivity (Wildman–Crippen MR) is 110 cm³/mol.